The molecular weight excluding hydrogens is 437 g/mol. The first kappa shape index (κ1) is 25.9. The van der Waals surface area contributed by atoms with E-state index in [1.165, 1.54) is 17.0 Å². The summed E-state index contributed by atoms with van der Waals surface area (Å²) < 4.78 is 39.7. The van der Waals surface area contributed by atoms with Crippen LogP contribution in [0.15, 0.2) is 60.7 Å². The van der Waals surface area contributed by atoms with E-state index in [4.69, 9.17) is 5.11 Å². The second-order valence-corrected chi connectivity index (χ2v) is 7.99. The number of rotatable bonds is 9. The number of amides is 2. The van der Waals surface area contributed by atoms with Crippen molar-refractivity contribution in [1.82, 2.24) is 4.90 Å². The lowest BCUT2D eigenvalue weighted by atomic mass is 9.83. The summed E-state index contributed by atoms with van der Waals surface area (Å²) in [4.78, 5) is 39.9. The number of likely N-dealkylation sites (tertiary alicyclic amines) is 1. The van der Waals surface area contributed by atoms with Crippen LogP contribution < -0.4 is 4.90 Å². The molecular formula is C24H27F3N2O4. The van der Waals surface area contributed by atoms with E-state index >= 15 is 0 Å². The molecule has 0 saturated carbocycles. The number of allylic oxidation sites excluding steroid dienone is 2. The quantitative estimate of drug-likeness (QED) is 0.429. The van der Waals surface area contributed by atoms with Crippen LogP contribution >= 0.6 is 0 Å². The molecule has 9 heteroatoms. The molecule has 1 aliphatic heterocycles. The summed E-state index contributed by atoms with van der Waals surface area (Å²) in [6.07, 6.45) is -1.23. The third-order valence-electron chi connectivity index (χ3n) is 5.64. The number of alkyl halides is 3. The van der Waals surface area contributed by atoms with Gasteiger partial charge in [0.15, 0.2) is 0 Å². The largest absolute Gasteiger partial charge is 0.481 e. The number of aliphatic carboxylic acids is 1. The molecule has 1 aromatic rings. The van der Waals surface area contributed by atoms with Crippen LogP contribution in [0.3, 0.4) is 0 Å². The predicted molar refractivity (Wildman–Crippen MR) is 118 cm³/mol. The first-order valence-corrected chi connectivity index (χ1v) is 10.4. The molecule has 1 unspecified atom stereocenters. The smallest absolute Gasteiger partial charge is 0.416 e. The molecule has 0 radical (unpaired) electrons. The van der Waals surface area contributed by atoms with Gasteiger partial charge in [0.25, 0.3) is 11.8 Å². The van der Waals surface area contributed by atoms with E-state index in [0.29, 0.717) is 12.0 Å². The molecule has 0 bridgehead atoms. The second-order valence-electron chi connectivity index (χ2n) is 7.99. The van der Waals surface area contributed by atoms with E-state index < -0.39 is 35.1 Å². The molecule has 1 atom stereocenters. The lowest BCUT2D eigenvalue weighted by molar-refractivity contribution is -0.153. The number of hydrogen-bond acceptors (Lipinski definition) is 3. The molecule has 0 aliphatic carbocycles. The van der Waals surface area contributed by atoms with Crippen molar-refractivity contribution in [2.45, 2.75) is 44.8 Å². The molecule has 1 fully saturated rings. The van der Waals surface area contributed by atoms with Crippen LogP contribution in [-0.2, 0) is 20.6 Å². The number of hydrogen-bond donors (Lipinski definition) is 1. The maximum atomic E-state index is 13.6. The zero-order chi connectivity index (χ0) is 25.0. The Balaban J connectivity index is 2.37. The molecule has 0 spiro atoms. The van der Waals surface area contributed by atoms with Crippen LogP contribution in [0, 0.1) is 0 Å². The van der Waals surface area contributed by atoms with Crippen LogP contribution in [-0.4, -0.2) is 46.4 Å². The highest BCUT2D eigenvalue weighted by Gasteiger charge is 2.51. The fourth-order valence-electron chi connectivity index (χ4n) is 3.59. The topological polar surface area (TPSA) is 77.9 Å². The van der Waals surface area contributed by atoms with Crippen molar-refractivity contribution in [3.05, 3.63) is 66.3 Å². The summed E-state index contributed by atoms with van der Waals surface area (Å²) in [5.41, 5.74) is -1.76. The summed E-state index contributed by atoms with van der Waals surface area (Å²) in [5, 5.41) is 8.95. The Morgan fingerprint density at radius 2 is 1.94 bits per heavy atom. The molecule has 6 nitrogen and oxygen atoms in total. The SMILES string of the molecule is C=C(/C=C\C)C(=C)C(=O)N1CCC1(C)C(=O)N(CCCC(=O)O)c1cccc(C(F)(F)F)c1. The van der Waals surface area contributed by atoms with Crippen molar-refractivity contribution in [2.24, 2.45) is 0 Å². The van der Waals surface area contributed by atoms with Crippen LogP contribution in [0.5, 0.6) is 0 Å². The fourth-order valence-corrected chi connectivity index (χ4v) is 3.59. The van der Waals surface area contributed by atoms with Crippen LogP contribution in [0.25, 0.3) is 0 Å². The molecule has 1 aliphatic rings. The Kier molecular flexibility index (Phi) is 7.89. The zero-order valence-electron chi connectivity index (χ0n) is 18.6. The van der Waals surface area contributed by atoms with Gasteiger partial charge >= 0.3 is 12.1 Å². The van der Waals surface area contributed by atoms with E-state index in [0.717, 1.165) is 17.0 Å². The Morgan fingerprint density at radius 1 is 1.27 bits per heavy atom. The van der Waals surface area contributed by atoms with Gasteiger partial charge in [-0.1, -0.05) is 31.4 Å². The van der Waals surface area contributed by atoms with Crippen molar-refractivity contribution in [3.8, 4) is 0 Å². The van der Waals surface area contributed by atoms with E-state index in [9.17, 15) is 27.6 Å². The summed E-state index contributed by atoms with van der Waals surface area (Å²) in [7, 11) is 0. The van der Waals surface area contributed by atoms with Gasteiger partial charge < -0.3 is 14.9 Å². The fraction of sp³-hybridized carbons (Fsp3) is 0.375. The van der Waals surface area contributed by atoms with Crippen molar-refractivity contribution >= 4 is 23.5 Å². The third kappa shape index (κ3) is 5.71. The number of anilines is 1. The summed E-state index contributed by atoms with van der Waals surface area (Å²) >= 11 is 0. The second kappa shape index (κ2) is 10.1. The Hall–Kier alpha value is -3.36. The van der Waals surface area contributed by atoms with Crippen molar-refractivity contribution in [1.29, 1.82) is 0 Å². The number of carbonyl (C=O) groups is 3. The first-order chi connectivity index (χ1) is 15.3. The minimum absolute atomic E-state index is 0.0158. The average molecular weight is 464 g/mol. The standard InChI is InChI=1S/C24H27F3N2O4/c1-5-8-16(2)17(3)21(32)29-14-12-23(29,4)22(33)28(13-7-11-20(30)31)19-10-6-9-18(15-19)24(25,26)27/h5-6,8-10,15H,2-3,7,11-14H2,1,4H3,(H,30,31)/b8-5-. The molecule has 2 rings (SSSR count). The minimum Gasteiger partial charge on any atom is -0.481 e. The van der Waals surface area contributed by atoms with Crippen molar-refractivity contribution < 1.29 is 32.7 Å². The predicted octanol–water partition coefficient (Wildman–Crippen LogP) is 4.58. The molecule has 33 heavy (non-hydrogen) atoms. The molecule has 178 valence electrons. The highest BCUT2D eigenvalue weighted by molar-refractivity contribution is 6.07. The minimum atomic E-state index is -4.61. The lowest BCUT2D eigenvalue weighted by Gasteiger charge is -2.51. The van der Waals surface area contributed by atoms with Gasteiger partial charge in [0.2, 0.25) is 0 Å². The van der Waals surface area contributed by atoms with Crippen LogP contribution in [0.2, 0.25) is 0 Å². The van der Waals surface area contributed by atoms with Gasteiger partial charge in [-0.25, -0.2) is 0 Å². The number of carbonyl (C=O) groups excluding carboxylic acids is 2. The average Bonchev–Trinajstić information content (AvgIpc) is 2.73. The lowest BCUT2D eigenvalue weighted by Crippen LogP contribution is -2.68. The summed E-state index contributed by atoms with van der Waals surface area (Å²) in [5.74, 6) is -2.16. The van der Waals surface area contributed by atoms with Gasteiger partial charge in [-0.2, -0.15) is 13.2 Å². The number of carboxylic acids is 1. The van der Waals surface area contributed by atoms with Gasteiger partial charge in [0.05, 0.1) is 5.56 Å². The molecule has 1 N–H and O–H groups in total. The molecule has 1 saturated heterocycles. The van der Waals surface area contributed by atoms with Gasteiger partial charge in [0.1, 0.15) is 5.54 Å². The molecule has 0 aromatic heterocycles. The molecule has 1 aromatic carbocycles. The number of nitrogens with zero attached hydrogens (tertiary/aromatic N) is 2. The van der Waals surface area contributed by atoms with E-state index in [-0.39, 0.29) is 37.2 Å². The number of halogens is 3. The number of benzene rings is 1. The number of carboxylic acid groups (broad SMARTS) is 1. The monoisotopic (exact) mass is 464 g/mol. The zero-order valence-corrected chi connectivity index (χ0v) is 18.6. The van der Waals surface area contributed by atoms with Crippen molar-refractivity contribution in [2.75, 3.05) is 18.0 Å². The summed E-state index contributed by atoms with van der Waals surface area (Å²) in [6.45, 7) is 11.0. The van der Waals surface area contributed by atoms with Gasteiger partial charge in [-0.05, 0) is 50.5 Å². The third-order valence-corrected chi connectivity index (χ3v) is 5.64. The van der Waals surface area contributed by atoms with Crippen LogP contribution in [0.1, 0.15) is 38.7 Å². The van der Waals surface area contributed by atoms with Gasteiger partial charge in [0, 0.05) is 30.8 Å². The Bertz CT molecular complexity index is 1000. The van der Waals surface area contributed by atoms with Gasteiger partial charge in [-0.3, -0.25) is 14.4 Å². The Labute approximate surface area is 190 Å². The van der Waals surface area contributed by atoms with E-state index in [2.05, 4.69) is 13.2 Å². The molecule has 1 heterocycles. The summed E-state index contributed by atoms with van der Waals surface area (Å²) in [6, 6.07) is 4.28. The highest BCUT2D eigenvalue weighted by atomic mass is 19.4. The van der Waals surface area contributed by atoms with Crippen molar-refractivity contribution in [3.63, 3.8) is 0 Å². The van der Waals surface area contributed by atoms with E-state index in [1.807, 2.05) is 0 Å². The molecule has 2 amide bonds. The first-order valence-electron chi connectivity index (χ1n) is 10.4. The maximum Gasteiger partial charge on any atom is 0.416 e. The highest BCUT2D eigenvalue weighted by Crippen LogP contribution is 2.37. The normalized spacial score (nSPS) is 18.0. The Morgan fingerprint density at radius 3 is 2.45 bits per heavy atom. The van der Waals surface area contributed by atoms with E-state index in [1.54, 1.807) is 26.0 Å². The van der Waals surface area contributed by atoms with Crippen LogP contribution in [0.4, 0.5) is 18.9 Å². The van der Waals surface area contributed by atoms with Gasteiger partial charge in [-0.15, -0.1) is 0 Å². The maximum absolute atomic E-state index is 13.6.